The predicted molar refractivity (Wildman–Crippen MR) is 28.6 cm³/mol. The Morgan fingerprint density at radius 1 is 1.86 bits per heavy atom. The molecule has 0 aliphatic rings. The summed E-state index contributed by atoms with van der Waals surface area (Å²) in [5, 5.41) is 0. The molecule has 0 saturated heterocycles. The fraction of sp³-hybridized carbons (Fsp3) is 0.750. The third-order valence-electron chi connectivity index (χ3n) is 0.576. The third-order valence-corrected chi connectivity index (χ3v) is 1.40. The Labute approximate surface area is 56.3 Å². The van der Waals surface area contributed by atoms with Crippen LogP contribution in [-0.4, -0.2) is 35.6 Å². The second-order valence-corrected chi connectivity index (χ2v) is 2.76. The summed E-state index contributed by atoms with van der Waals surface area (Å²) in [5.74, 6) is -0.0902. The van der Waals surface area contributed by atoms with Gasteiger partial charge in [-0.2, -0.15) is 0 Å². The maximum atomic E-state index is 10.2. The van der Waals surface area contributed by atoms with Gasteiger partial charge in [0.15, 0.2) is 0 Å². The summed E-state index contributed by atoms with van der Waals surface area (Å²) in [6, 6.07) is 0. The average Bonchev–Trinajstić information content (AvgIpc) is 1.68. The van der Waals surface area contributed by atoms with Crippen molar-refractivity contribution >= 4 is 28.5 Å². The van der Waals surface area contributed by atoms with Crippen LogP contribution in [0.25, 0.3) is 0 Å². The number of ether oxygens (including phenoxy) is 1. The van der Waals surface area contributed by atoms with Crippen LogP contribution in [0.3, 0.4) is 0 Å². The second kappa shape index (κ2) is 4.43. The monoisotopic (exact) mass is 208 g/mol. The van der Waals surface area contributed by atoms with E-state index in [1.165, 1.54) is 7.11 Å². The van der Waals surface area contributed by atoms with Gasteiger partial charge in [-0.3, -0.25) is 0 Å². The van der Waals surface area contributed by atoms with Crippen LogP contribution < -0.4 is 0 Å². The van der Waals surface area contributed by atoms with Crippen molar-refractivity contribution in [3.63, 3.8) is 0 Å². The van der Waals surface area contributed by atoms with E-state index in [2.05, 4.69) is 4.74 Å². The molecule has 0 spiro atoms. The number of carbonyl (C=O) groups is 1. The van der Waals surface area contributed by atoms with Crippen LogP contribution in [0.1, 0.15) is 6.42 Å². The first-order valence-corrected chi connectivity index (χ1v) is 4.41. The third kappa shape index (κ3) is 4.11. The van der Waals surface area contributed by atoms with Crippen LogP contribution in [0.5, 0.6) is 0 Å². The Balaban J connectivity index is 3.00. The Morgan fingerprint density at radius 2 is 2.43 bits per heavy atom. The molecule has 40 valence electrons. The zero-order valence-electron chi connectivity index (χ0n) is 4.31. The topological polar surface area (TPSA) is 26.3 Å². The molecule has 0 heterocycles. The summed E-state index contributed by atoms with van der Waals surface area (Å²) in [6.45, 7) is 0. The van der Waals surface area contributed by atoms with Gasteiger partial charge in [0.25, 0.3) is 0 Å². The van der Waals surface area contributed by atoms with Crippen LogP contribution in [0.15, 0.2) is 0 Å². The first-order chi connectivity index (χ1) is 3.31. The molecule has 0 aromatic rings. The molecule has 0 rings (SSSR count). The molecule has 0 aromatic heterocycles. The summed E-state index contributed by atoms with van der Waals surface area (Å²) in [5.41, 5.74) is 0. The zero-order chi connectivity index (χ0) is 5.70. The number of carbonyl (C=O) groups excluding carboxylic acids is 1. The van der Waals surface area contributed by atoms with E-state index in [0.717, 1.165) is 27.0 Å². The van der Waals surface area contributed by atoms with Gasteiger partial charge in [0.1, 0.15) is 0 Å². The molecule has 3 heteroatoms. The number of esters is 1. The second-order valence-electron chi connectivity index (χ2n) is 1.11. The van der Waals surface area contributed by atoms with Gasteiger partial charge in [0.2, 0.25) is 0 Å². The standard InChI is InChI=1S/C4H7O2.Sn.H/c1-3-4(5)6-2;;/h1,3H2,2H3;;. The minimum atomic E-state index is -0.0902. The Bertz CT molecular complexity index is 62.7. The summed E-state index contributed by atoms with van der Waals surface area (Å²) in [7, 11) is 1.42. The van der Waals surface area contributed by atoms with Gasteiger partial charge in [-0.15, -0.1) is 0 Å². The molecular weight excluding hydrogens is 199 g/mol. The average molecular weight is 207 g/mol. The first kappa shape index (κ1) is 7.27. The molecule has 0 amide bonds. The quantitative estimate of drug-likeness (QED) is 0.465. The zero-order valence-corrected chi connectivity index (χ0v) is 7.60. The molecule has 0 atom stereocenters. The van der Waals surface area contributed by atoms with E-state index in [0.29, 0.717) is 6.42 Å². The van der Waals surface area contributed by atoms with E-state index in [4.69, 9.17) is 0 Å². The molecule has 2 radical (unpaired) electrons. The van der Waals surface area contributed by atoms with Gasteiger partial charge >= 0.3 is 56.0 Å². The van der Waals surface area contributed by atoms with Gasteiger partial charge in [-0.1, -0.05) is 0 Å². The van der Waals surface area contributed by atoms with Gasteiger partial charge in [-0.25, -0.2) is 0 Å². The molecule has 2 nitrogen and oxygen atoms in total. The molecule has 0 N–H and O–H groups in total. The molecule has 0 saturated carbocycles. The van der Waals surface area contributed by atoms with Crippen LogP contribution >= 0.6 is 0 Å². The molecule has 0 aliphatic heterocycles. The van der Waals surface area contributed by atoms with Crippen LogP contribution in [0.4, 0.5) is 0 Å². The van der Waals surface area contributed by atoms with Crippen LogP contribution in [-0.2, 0) is 9.53 Å². The minimum absolute atomic E-state index is 0.0902. The van der Waals surface area contributed by atoms with Crippen molar-refractivity contribution in [1.82, 2.24) is 0 Å². The molecular formula is C4H8O2Sn. The molecule has 0 unspecified atom stereocenters. The van der Waals surface area contributed by atoms with Gasteiger partial charge < -0.3 is 0 Å². The van der Waals surface area contributed by atoms with E-state index in [-0.39, 0.29) is 5.97 Å². The summed E-state index contributed by atoms with van der Waals surface area (Å²) in [4.78, 5) is 10.2. The SMILES string of the molecule is COC(=O)C[CH2][SnH]. The fourth-order valence-corrected chi connectivity index (χ4v) is 0.893. The molecule has 0 aromatic carbocycles. The number of rotatable bonds is 2. The van der Waals surface area contributed by atoms with Crippen molar-refractivity contribution < 1.29 is 9.53 Å². The Kier molecular flexibility index (Phi) is 4.60. The van der Waals surface area contributed by atoms with Crippen molar-refractivity contribution in [2.75, 3.05) is 7.11 Å². The summed E-state index contributed by atoms with van der Waals surface area (Å²) in [6.07, 6.45) is 0.596. The van der Waals surface area contributed by atoms with E-state index in [1.807, 2.05) is 0 Å². The van der Waals surface area contributed by atoms with Crippen molar-refractivity contribution in [3.8, 4) is 0 Å². The van der Waals surface area contributed by atoms with Gasteiger partial charge in [0.05, 0.1) is 0 Å². The van der Waals surface area contributed by atoms with E-state index >= 15 is 0 Å². The normalized spacial score (nSPS) is 8.29. The molecule has 7 heavy (non-hydrogen) atoms. The van der Waals surface area contributed by atoms with E-state index in [1.54, 1.807) is 0 Å². The predicted octanol–water partition coefficient (Wildman–Crippen LogP) is -0.131. The molecule has 0 bridgehead atoms. The number of methoxy groups -OCH3 is 1. The first-order valence-electron chi connectivity index (χ1n) is 2.08. The summed E-state index contributed by atoms with van der Waals surface area (Å²) < 4.78 is 5.37. The van der Waals surface area contributed by atoms with Crippen molar-refractivity contribution in [1.29, 1.82) is 0 Å². The van der Waals surface area contributed by atoms with Crippen molar-refractivity contribution in [2.24, 2.45) is 0 Å². The van der Waals surface area contributed by atoms with Gasteiger partial charge in [-0.05, 0) is 0 Å². The maximum absolute atomic E-state index is 10.2. The van der Waals surface area contributed by atoms with Crippen LogP contribution in [0.2, 0.25) is 4.44 Å². The van der Waals surface area contributed by atoms with E-state index in [9.17, 15) is 4.79 Å². The van der Waals surface area contributed by atoms with Gasteiger partial charge in [0, 0.05) is 0 Å². The van der Waals surface area contributed by atoms with Crippen molar-refractivity contribution in [2.45, 2.75) is 10.9 Å². The molecule has 0 aliphatic carbocycles. The number of hydrogen-bond acceptors (Lipinski definition) is 2. The number of hydrogen-bond donors (Lipinski definition) is 0. The van der Waals surface area contributed by atoms with E-state index < -0.39 is 0 Å². The molecule has 0 fully saturated rings. The fourth-order valence-electron chi connectivity index (χ4n) is 0.220. The Morgan fingerprint density at radius 3 is 2.57 bits per heavy atom. The summed E-state index contributed by atoms with van der Waals surface area (Å²) >= 11 is 1.15. The van der Waals surface area contributed by atoms with Crippen molar-refractivity contribution in [3.05, 3.63) is 0 Å². The Hall–Kier alpha value is 0.269. The van der Waals surface area contributed by atoms with Crippen LogP contribution in [0, 0.1) is 0 Å².